The van der Waals surface area contributed by atoms with Crippen LogP contribution in [0.1, 0.15) is 72.1 Å². The van der Waals surface area contributed by atoms with E-state index in [1.807, 2.05) is 0 Å². The molecule has 0 bridgehead atoms. The van der Waals surface area contributed by atoms with Gasteiger partial charge in [-0.2, -0.15) is 0 Å². The molecule has 1 heterocycles. The van der Waals surface area contributed by atoms with Crippen molar-refractivity contribution in [2.75, 3.05) is 0 Å². The molecule has 4 aliphatic carbocycles. The number of allylic oxidation sites excluding steroid dienone is 4. The average molecular weight is 354 g/mol. The molecule has 0 aromatic rings. The third kappa shape index (κ3) is 1.90. The van der Waals surface area contributed by atoms with E-state index in [2.05, 4.69) is 32.9 Å². The van der Waals surface area contributed by atoms with Crippen LogP contribution < -0.4 is 0 Å². The number of hydrogen-bond donors (Lipinski definition) is 0. The molecular weight excluding hydrogens is 324 g/mol. The van der Waals surface area contributed by atoms with Gasteiger partial charge in [0.1, 0.15) is 11.4 Å². The maximum Gasteiger partial charge on any atom is 0.306 e. The van der Waals surface area contributed by atoms with Crippen molar-refractivity contribution >= 4 is 11.8 Å². The summed E-state index contributed by atoms with van der Waals surface area (Å²) in [6.45, 7) is 7.09. The van der Waals surface area contributed by atoms with Crippen molar-refractivity contribution in [3.8, 4) is 0 Å². The normalized spacial score (nSPS) is 49.9. The third-order valence-electron chi connectivity index (χ3n) is 8.97. The largest absolute Gasteiger partial charge is 0.458 e. The van der Waals surface area contributed by atoms with Gasteiger partial charge >= 0.3 is 5.97 Å². The van der Waals surface area contributed by atoms with Crippen molar-refractivity contribution in [3.63, 3.8) is 0 Å². The minimum atomic E-state index is -0.232. The fourth-order valence-electron chi connectivity index (χ4n) is 7.40. The lowest BCUT2D eigenvalue weighted by Crippen LogP contribution is -2.51. The summed E-state index contributed by atoms with van der Waals surface area (Å²) in [6, 6.07) is 0. The number of fused-ring (bicyclic) bond motifs is 6. The minimum absolute atomic E-state index is 0.00159. The second-order valence-corrected chi connectivity index (χ2v) is 10.0. The standard InChI is InChI=1S/C23H30O3/c1-14-12-15-13-16(24)4-8-21(15,2)17-5-9-22(3)18(20(14)17)6-10-23(22)11-7-19(25)26-23/h5,12,14,18,20H,4,6-11,13H2,1-3H3/t14-,18?,20?,21+,22+,23-/m1/s1. The van der Waals surface area contributed by atoms with Gasteiger partial charge in [-0.05, 0) is 49.9 Å². The van der Waals surface area contributed by atoms with Crippen LogP contribution in [0.25, 0.3) is 0 Å². The molecule has 6 atom stereocenters. The van der Waals surface area contributed by atoms with Crippen molar-refractivity contribution in [2.45, 2.75) is 77.7 Å². The Morgan fingerprint density at radius 2 is 1.92 bits per heavy atom. The molecule has 140 valence electrons. The monoisotopic (exact) mass is 354 g/mol. The second-order valence-electron chi connectivity index (χ2n) is 10.0. The van der Waals surface area contributed by atoms with E-state index >= 15 is 0 Å². The van der Waals surface area contributed by atoms with Crippen LogP contribution in [0.4, 0.5) is 0 Å². The SMILES string of the molecule is C[C@@H]1C=C2CC(=O)CC[C@]2(C)C2=CC[C@@]3(C)C(CC[C@@]34CCC(=O)O4)C21. The summed E-state index contributed by atoms with van der Waals surface area (Å²) < 4.78 is 6.01. The predicted octanol–water partition coefficient (Wildman–Crippen LogP) is 4.76. The molecule has 0 aromatic carbocycles. The summed E-state index contributed by atoms with van der Waals surface area (Å²) in [7, 11) is 0. The van der Waals surface area contributed by atoms with Gasteiger partial charge in [-0.25, -0.2) is 0 Å². The molecule has 26 heavy (non-hydrogen) atoms. The van der Waals surface area contributed by atoms with Crippen LogP contribution in [0.5, 0.6) is 0 Å². The zero-order chi connectivity index (χ0) is 18.3. The van der Waals surface area contributed by atoms with E-state index in [9.17, 15) is 9.59 Å². The van der Waals surface area contributed by atoms with E-state index in [0.717, 1.165) is 38.5 Å². The Morgan fingerprint density at radius 1 is 1.12 bits per heavy atom. The smallest absolute Gasteiger partial charge is 0.306 e. The highest BCUT2D eigenvalue weighted by Crippen LogP contribution is 2.68. The molecule has 3 fully saturated rings. The minimum Gasteiger partial charge on any atom is -0.458 e. The Labute approximate surface area is 156 Å². The molecule has 2 unspecified atom stereocenters. The van der Waals surface area contributed by atoms with Crippen molar-refractivity contribution in [1.29, 1.82) is 0 Å². The van der Waals surface area contributed by atoms with Gasteiger partial charge in [-0.3, -0.25) is 9.59 Å². The van der Waals surface area contributed by atoms with E-state index < -0.39 is 0 Å². The lowest BCUT2D eigenvalue weighted by molar-refractivity contribution is -0.160. The summed E-state index contributed by atoms with van der Waals surface area (Å²) in [5.74, 6) is 1.98. The molecule has 5 aliphatic rings. The molecule has 0 aromatic heterocycles. The Bertz CT molecular complexity index is 761. The first-order valence-corrected chi connectivity index (χ1v) is 10.4. The Morgan fingerprint density at radius 3 is 2.65 bits per heavy atom. The number of ether oxygens (including phenoxy) is 1. The predicted molar refractivity (Wildman–Crippen MR) is 99.3 cm³/mol. The Kier molecular flexibility index (Phi) is 3.30. The van der Waals surface area contributed by atoms with Gasteiger partial charge in [0.15, 0.2) is 0 Å². The second kappa shape index (κ2) is 5.11. The summed E-state index contributed by atoms with van der Waals surface area (Å²) >= 11 is 0. The molecule has 2 saturated carbocycles. The quantitative estimate of drug-likeness (QED) is 0.465. The molecule has 5 rings (SSSR count). The number of ketones is 1. The zero-order valence-corrected chi connectivity index (χ0v) is 16.3. The lowest BCUT2D eigenvalue weighted by Gasteiger charge is -2.55. The molecule has 1 spiro atoms. The number of esters is 1. The molecule has 3 heteroatoms. The van der Waals surface area contributed by atoms with E-state index in [1.54, 1.807) is 5.57 Å². The van der Waals surface area contributed by atoms with Gasteiger partial charge in [-0.15, -0.1) is 0 Å². The topological polar surface area (TPSA) is 43.4 Å². The molecule has 0 radical (unpaired) electrons. The highest BCUT2D eigenvalue weighted by Gasteiger charge is 2.65. The van der Waals surface area contributed by atoms with Crippen LogP contribution in [0.15, 0.2) is 23.3 Å². The van der Waals surface area contributed by atoms with Crippen LogP contribution in [-0.2, 0) is 14.3 Å². The fraction of sp³-hybridized carbons (Fsp3) is 0.739. The van der Waals surface area contributed by atoms with Crippen LogP contribution in [0.2, 0.25) is 0 Å². The first-order valence-electron chi connectivity index (χ1n) is 10.4. The molecule has 1 saturated heterocycles. The zero-order valence-electron chi connectivity index (χ0n) is 16.3. The maximum absolute atomic E-state index is 12.1. The summed E-state index contributed by atoms with van der Waals surface area (Å²) in [5.41, 5.74) is 2.87. The number of carbonyl (C=O) groups is 2. The van der Waals surface area contributed by atoms with Crippen molar-refractivity contribution in [3.05, 3.63) is 23.3 Å². The molecule has 0 N–H and O–H groups in total. The number of carbonyl (C=O) groups excluding carboxylic acids is 2. The number of rotatable bonds is 0. The van der Waals surface area contributed by atoms with Gasteiger partial charge in [0.2, 0.25) is 0 Å². The van der Waals surface area contributed by atoms with Crippen LogP contribution in [0.3, 0.4) is 0 Å². The Hall–Kier alpha value is -1.38. The van der Waals surface area contributed by atoms with Crippen molar-refractivity contribution in [1.82, 2.24) is 0 Å². The number of Topliss-reactive ketones (excluding diaryl/α,β-unsaturated/α-hetero) is 1. The van der Waals surface area contributed by atoms with Crippen LogP contribution in [0, 0.1) is 28.6 Å². The highest BCUT2D eigenvalue weighted by molar-refractivity contribution is 5.83. The summed E-state index contributed by atoms with van der Waals surface area (Å²) in [5, 5.41) is 0. The number of hydrogen-bond acceptors (Lipinski definition) is 3. The summed E-state index contributed by atoms with van der Waals surface area (Å²) in [4.78, 5) is 24.0. The summed E-state index contributed by atoms with van der Waals surface area (Å²) in [6.07, 6.45) is 11.9. The highest BCUT2D eigenvalue weighted by atomic mass is 16.6. The first-order chi connectivity index (χ1) is 12.3. The van der Waals surface area contributed by atoms with Crippen LogP contribution in [-0.4, -0.2) is 17.4 Å². The van der Waals surface area contributed by atoms with Crippen LogP contribution >= 0.6 is 0 Å². The van der Waals surface area contributed by atoms with Crippen molar-refractivity contribution < 1.29 is 14.3 Å². The molecule has 1 aliphatic heterocycles. The third-order valence-corrected chi connectivity index (χ3v) is 8.97. The van der Waals surface area contributed by atoms with Gasteiger partial charge in [0.25, 0.3) is 0 Å². The lowest BCUT2D eigenvalue weighted by atomic mass is 9.49. The van der Waals surface area contributed by atoms with E-state index in [-0.39, 0.29) is 22.4 Å². The average Bonchev–Trinajstić information content (AvgIpc) is 3.11. The van der Waals surface area contributed by atoms with E-state index in [4.69, 9.17) is 4.74 Å². The van der Waals surface area contributed by atoms with Gasteiger partial charge < -0.3 is 4.74 Å². The maximum atomic E-state index is 12.1. The van der Waals surface area contributed by atoms with Gasteiger partial charge in [-0.1, -0.05) is 44.1 Å². The molecule has 0 amide bonds. The van der Waals surface area contributed by atoms with E-state index in [1.165, 1.54) is 5.57 Å². The Balaban J connectivity index is 1.58. The van der Waals surface area contributed by atoms with E-state index in [0.29, 0.717) is 36.4 Å². The fourth-order valence-corrected chi connectivity index (χ4v) is 7.40. The van der Waals surface area contributed by atoms with Crippen molar-refractivity contribution in [2.24, 2.45) is 28.6 Å². The first kappa shape index (κ1) is 16.8. The molecule has 3 nitrogen and oxygen atoms in total. The van der Waals surface area contributed by atoms with Gasteiger partial charge in [0.05, 0.1) is 0 Å². The van der Waals surface area contributed by atoms with Gasteiger partial charge in [0, 0.05) is 30.1 Å². The molecular formula is C23H30O3.